The zero-order chi connectivity index (χ0) is 20.3. The van der Waals surface area contributed by atoms with Crippen molar-refractivity contribution < 1.29 is 22.9 Å². The van der Waals surface area contributed by atoms with Crippen LogP contribution in [0.1, 0.15) is 11.4 Å². The number of nitro benzene ring substituents is 1. The zero-order valence-corrected chi connectivity index (χ0v) is 14.1. The predicted octanol–water partition coefficient (Wildman–Crippen LogP) is 3.11. The van der Waals surface area contributed by atoms with Gasteiger partial charge >= 0.3 is 6.18 Å². The lowest BCUT2D eigenvalue weighted by atomic mass is 10.2. The number of carbonyl (C=O) groups excluding carboxylic acids is 1. The topological polar surface area (TPSA) is 102 Å². The highest BCUT2D eigenvalue weighted by molar-refractivity contribution is 5.87. The van der Waals surface area contributed by atoms with E-state index in [1.165, 1.54) is 42.5 Å². The van der Waals surface area contributed by atoms with E-state index in [0.717, 1.165) is 10.8 Å². The highest BCUT2D eigenvalue weighted by Crippen LogP contribution is 2.31. The first-order valence-corrected chi connectivity index (χ1v) is 7.85. The molecule has 2 aromatic carbocycles. The monoisotopic (exact) mass is 391 g/mol. The molecule has 0 bridgehead atoms. The molecule has 1 aromatic heterocycles. The van der Waals surface area contributed by atoms with Gasteiger partial charge in [-0.3, -0.25) is 14.9 Å². The number of nitrogens with zero attached hydrogens (tertiary/aromatic N) is 4. The molecule has 0 spiro atoms. The van der Waals surface area contributed by atoms with Crippen molar-refractivity contribution in [3.63, 3.8) is 0 Å². The number of hydrogen-bond acceptors (Lipinski definition) is 5. The second kappa shape index (κ2) is 7.47. The number of nitrogens with one attached hydrogen (secondary N) is 1. The molecule has 1 amide bonds. The smallest absolute Gasteiger partial charge is 0.311 e. The number of amides is 1. The zero-order valence-electron chi connectivity index (χ0n) is 14.1. The maximum Gasteiger partial charge on any atom is 0.449 e. The number of alkyl halides is 3. The summed E-state index contributed by atoms with van der Waals surface area (Å²) in [7, 11) is 0. The van der Waals surface area contributed by atoms with E-state index in [4.69, 9.17) is 0 Å². The van der Waals surface area contributed by atoms with Crippen LogP contribution in [-0.2, 0) is 17.5 Å². The minimum absolute atomic E-state index is 0.103. The van der Waals surface area contributed by atoms with Crippen LogP contribution in [0, 0.1) is 10.1 Å². The number of para-hydroxylation sites is 3. The van der Waals surface area contributed by atoms with E-state index in [-0.39, 0.29) is 22.3 Å². The van der Waals surface area contributed by atoms with Gasteiger partial charge in [-0.15, -0.1) is 0 Å². The van der Waals surface area contributed by atoms with E-state index in [1.54, 1.807) is 6.07 Å². The minimum Gasteiger partial charge on any atom is -0.311 e. The van der Waals surface area contributed by atoms with E-state index >= 15 is 0 Å². The van der Waals surface area contributed by atoms with E-state index < -0.39 is 29.4 Å². The van der Waals surface area contributed by atoms with Crippen LogP contribution in [0.4, 0.5) is 18.9 Å². The average molecular weight is 391 g/mol. The van der Waals surface area contributed by atoms with Crippen molar-refractivity contribution in [3.8, 4) is 0 Å². The third kappa shape index (κ3) is 3.98. The number of imidazole rings is 1. The molecule has 3 aromatic rings. The maximum absolute atomic E-state index is 13.2. The van der Waals surface area contributed by atoms with Crippen LogP contribution >= 0.6 is 0 Å². The van der Waals surface area contributed by atoms with E-state index in [9.17, 15) is 28.1 Å². The van der Waals surface area contributed by atoms with Crippen LogP contribution in [0.2, 0.25) is 0 Å². The summed E-state index contributed by atoms with van der Waals surface area (Å²) in [6.07, 6.45) is -3.69. The number of rotatable bonds is 5. The van der Waals surface area contributed by atoms with Gasteiger partial charge in [0.1, 0.15) is 6.54 Å². The fraction of sp³-hybridized carbons (Fsp3) is 0.118. The Labute approximate surface area is 155 Å². The Hall–Kier alpha value is -3.76. The van der Waals surface area contributed by atoms with Crippen molar-refractivity contribution in [3.05, 3.63) is 70.0 Å². The molecule has 28 heavy (non-hydrogen) atoms. The van der Waals surface area contributed by atoms with Crippen molar-refractivity contribution in [2.24, 2.45) is 5.10 Å². The van der Waals surface area contributed by atoms with Crippen molar-refractivity contribution in [1.82, 2.24) is 15.0 Å². The fourth-order valence-corrected chi connectivity index (χ4v) is 2.57. The van der Waals surface area contributed by atoms with E-state index in [2.05, 4.69) is 15.5 Å². The highest BCUT2D eigenvalue weighted by Gasteiger charge is 2.37. The molecule has 144 valence electrons. The number of carbonyl (C=O) groups is 1. The summed E-state index contributed by atoms with van der Waals surface area (Å²) in [4.78, 5) is 25.9. The third-order valence-corrected chi connectivity index (χ3v) is 3.74. The van der Waals surface area contributed by atoms with E-state index in [1.807, 2.05) is 0 Å². The fourth-order valence-electron chi connectivity index (χ4n) is 2.57. The molecule has 0 saturated heterocycles. The van der Waals surface area contributed by atoms with Crippen LogP contribution in [0.3, 0.4) is 0 Å². The third-order valence-electron chi connectivity index (χ3n) is 3.74. The van der Waals surface area contributed by atoms with Crippen molar-refractivity contribution >= 4 is 28.8 Å². The second-order valence-corrected chi connectivity index (χ2v) is 5.62. The van der Waals surface area contributed by atoms with Crippen molar-refractivity contribution in [2.75, 3.05) is 0 Å². The van der Waals surface area contributed by atoms with Gasteiger partial charge in [-0.05, 0) is 18.2 Å². The lowest BCUT2D eigenvalue weighted by Crippen LogP contribution is -2.26. The number of nitro groups is 1. The molecule has 1 heterocycles. The Morgan fingerprint density at radius 3 is 2.61 bits per heavy atom. The second-order valence-electron chi connectivity index (χ2n) is 5.62. The summed E-state index contributed by atoms with van der Waals surface area (Å²) < 4.78 is 40.4. The standard InChI is InChI=1S/C17H12F3N5O3/c18-17(19,20)16-22-12-6-2-4-8-14(12)24(16)10-15(26)23-21-9-11-5-1-3-7-13(11)25(27)28/h1-9H,10H2,(H,23,26). The quantitative estimate of drug-likeness (QED) is 0.410. The number of halogens is 3. The maximum atomic E-state index is 13.2. The molecule has 11 heteroatoms. The Morgan fingerprint density at radius 2 is 1.89 bits per heavy atom. The van der Waals surface area contributed by atoms with Gasteiger partial charge in [-0.1, -0.05) is 24.3 Å². The van der Waals surface area contributed by atoms with Gasteiger partial charge < -0.3 is 4.57 Å². The highest BCUT2D eigenvalue weighted by atomic mass is 19.4. The molecule has 0 fully saturated rings. The lowest BCUT2D eigenvalue weighted by molar-refractivity contribution is -0.385. The molecule has 0 saturated carbocycles. The van der Waals surface area contributed by atoms with Gasteiger partial charge in [0.2, 0.25) is 5.82 Å². The van der Waals surface area contributed by atoms with Crippen LogP contribution in [0.25, 0.3) is 11.0 Å². The van der Waals surface area contributed by atoms with Crippen LogP contribution in [-0.4, -0.2) is 26.6 Å². The van der Waals surface area contributed by atoms with Gasteiger partial charge in [-0.2, -0.15) is 18.3 Å². The molecule has 0 radical (unpaired) electrons. The van der Waals surface area contributed by atoms with Crippen LogP contribution < -0.4 is 5.43 Å². The first kappa shape index (κ1) is 19.0. The number of hydrogen-bond donors (Lipinski definition) is 1. The molecule has 8 nitrogen and oxygen atoms in total. The van der Waals surface area contributed by atoms with Gasteiger partial charge in [0.15, 0.2) is 0 Å². The number of fused-ring (bicyclic) bond motifs is 1. The van der Waals surface area contributed by atoms with E-state index in [0.29, 0.717) is 0 Å². The normalized spacial score (nSPS) is 11.8. The average Bonchev–Trinajstić information content (AvgIpc) is 3.01. The Kier molecular flexibility index (Phi) is 5.07. The Balaban J connectivity index is 1.80. The largest absolute Gasteiger partial charge is 0.449 e. The molecule has 0 unspecified atom stereocenters. The van der Waals surface area contributed by atoms with Crippen LogP contribution in [0.5, 0.6) is 0 Å². The first-order valence-electron chi connectivity index (χ1n) is 7.85. The van der Waals surface area contributed by atoms with Crippen molar-refractivity contribution in [2.45, 2.75) is 12.7 Å². The number of aromatic nitrogens is 2. The van der Waals surface area contributed by atoms with Gasteiger partial charge in [0.25, 0.3) is 11.6 Å². The van der Waals surface area contributed by atoms with Gasteiger partial charge in [0, 0.05) is 6.07 Å². The molecule has 0 aliphatic carbocycles. The summed E-state index contributed by atoms with van der Waals surface area (Å²) in [5, 5.41) is 14.5. The number of hydrazone groups is 1. The molecular weight excluding hydrogens is 379 g/mol. The summed E-state index contributed by atoms with van der Waals surface area (Å²) >= 11 is 0. The SMILES string of the molecule is O=C(Cn1c(C(F)(F)F)nc2ccccc21)NN=Cc1ccccc1[N+](=O)[O-]. The lowest BCUT2D eigenvalue weighted by Gasteiger charge is -2.10. The Bertz CT molecular complexity index is 1080. The minimum atomic E-state index is -4.74. The first-order chi connectivity index (χ1) is 13.3. The molecule has 3 rings (SSSR count). The molecule has 0 atom stereocenters. The predicted molar refractivity (Wildman–Crippen MR) is 93.6 cm³/mol. The molecule has 0 aliphatic heterocycles. The van der Waals surface area contributed by atoms with Gasteiger partial charge in [0.05, 0.1) is 27.7 Å². The summed E-state index contributed by atoms with van der Waals surface area (Å²) in [6, 6.07) is 11.6. The van der Waals surface area contributed by atoms with Crippen LogP contribution in [0.15, 0.2) is 53.6 Å². The number of benzene rings is 2. The van der Waals surface area contributed by atoms with Gasteiger partial charge in [-0.25, -0.2) is 10.4 Å². The van der Waals surface area contributed by atoms with Crippen molar-refractivity contribution in [1.29, 1.82) is 0 Å². The Morgan fingerprint density at radius 1 is 1.21 bits per heavy atom. The summed E-state index contributed by atoms with van der Waals surface area (Å²) in [5.41, 5.74) is 2.23. The summed E-state index contributed by atoms with van der Waals surface area (Å²) in [5.74, 6) is -2.05. The molecule has 1 N–H and O–H groups in total. The molecule has 0 aliphatic rings. The molecular formula is C17H12F3N5O3. The summed E-state index contributed by atoms with van der Waals surface area (Å²) in [6.45, 7) is -0.677.